The van der Waals surface area contributed by atoms with Gasteiger partial charge in [0.2, 0.25) is 17.7 Å². The molecule has 3 heterocycles. The lowest BCUT2D eigenvalue weighted by atomic mass is 9.62. The van der Waals surface area contributed by atoms with Crippen LogP contribution >= 0.6 is 0 Å². The SMILES string of the molecule is Cc1ccc(C)c(NC(=O)C2N([C@H](C)CO)C(=O)[C@@H]3[C@@H](C(=O)NCc4ccccc4)[C@]4(C)OC23CC4C)c1. The Morgan fingerprint density at radius 1 is 1.16 bits per heavy atom. The summed E-state index contributed by atoms with van der Waals surface area (Å²) in [6.45, 7) is 9.52. The largest absolute Gasteiger partial charge is 0.394 e. The van der Waals surface area contributed by atoms with Crippen LogP contribution in [0.1, 0.15) is 43.9 Å². The van der Waals surface area contributed by atoms with Gasteiger partial charge in [-0.2, -0.15) is 0 Å². The molecule has 3 N–H and O–H groups in total. The Morgan fingerprint density at radius 2 is 1.87 bits per heavy atom. The molecular formula is C30H37N3O5. The van der Waals surface area contributed by atoms with Gasteiger partial charge in [0.1, 0.15) is 11.6 Å². The number of aryl methyl sites for hydroxylation is 2. The summed E-state index contributed by atoms with van der Waals surface area (Å²) in [7, 11) is 0. The van der Waals surface area contributed by atoms with E-state index < -0.39 is 35.1 Å². The van der Waals surface area contributed by atoms with E-state index in [2.05, 4.69) is 10.6 Å². The Bertz CT molecular complexity index is 1270. The molecule has 2 aromatic carbocycles. The monoisotopic (exact) mass is 519 g/mol. The second kappa shape index (κ2) is 9.50. The van der Waals surface area contributed by atoms with E-state index in [4.69, 9.17) is 4.74 Å². The highest BCUT2D eigenvalue weighted by Gasteiger charge is 2.80. The van der Waals surface area contributed by atoms with Gasteiger partial charge >= 0.3 is 0 Å². The summed E-state index contributed by atoms with van der Waals surface area (Å²) in [5.74, 6) is -2.56. The number of fused-ring (bicyclic) bond motifs is 1. The third-order valence-corrected chi connectivity index (χ3v) is 8.98. The fraction of sp³-hybridized carbons (Fsp3) is 0.500. The van der Waals surface area contributed by atoms with Crippen molar-refractivity contribution in [3.8, 4) is 0 Å². The summed E-state index contributed by atoms with van der Waals surface area (Å²) in [6, 6.07) is 13.8. The third-order valence-electron chi connectivity index (χ3n) is 8.98. The first-order valence-corrected chi connectivity index (χ1v) is 13.4. The van der Waals surface area contributed by atoms with E-state index in [0.29, 0.717) is 18.7 Å². The number of ether oxygens (including phenoxy) is 1. The maximum absolute atomic E-state index is 14.1. The molecule has 3 unspecified atom stereocenters. The van der Waals surface area contributed by atoms with Crippen molar-refractivity contribution in [1.29, 1.82) is 0 Å². The molecule has 1 spiro atoms. The van der Waals surface area contributed by atoms with Crippen LogP contribution in [0.3, 0.4) is 0 Å². The summed E-state index contributed by atoms with van der Waals surface area (Å²) in [5, 5.41) is 16.1. The van der Waals surface area contributed by atoms with Crippen molar-refractivity contribution in [3.63, 3.8) is 0 Å². The highest BCUT2D eigenvalue weighted by atomic mass is 16.5. The minimum absolute atomic E-state index is 0.0561. The normalized spacial score (nSPS) is 32.3. The van der Waals surface area contributed by atoms with Gasteiger partial charge in [0.05, 0.1) is 30.1 Å². The van der Waals surface area contributed by atoms with Gasteiger partial charge in [-0.15, -0.1) is 0 Å². The number of aliphatic hydroxyl groups is 1. The molecule has 0 radical (unpaired) electrons. The number of hydrogen-bond donors (Lipinski definition) is 3. The average molecular weight is 520 g/mol. The van der Waals surface area contributed by atoms with Crippen molar-refractivity contribution in [2.45, 2.75) is 70.9 Å². The van der Waals surface area contributed by atoms with Crippen LogP contribution in [0.4, 0.5) is 5.69 Å². The molecule has 2 bridgehead atoms. The number of aliphatic hydroxyl groups excluding tert-OH is 1. The molecule has 8 nitrogen and oxygen atoms in total. The van der Waals surface area contributed by atoms with E-state index in [0.717, 1.165) is 16.7 Å². The van der Waals surface area contributed by atoms with Gasteiger partial charge in [0.15, 0.2) is 0 Å². The maximum atomic E-state index is 14.1. The number of carbonyl (C=O) groups excluding carboxylic acids is 3. The maximum Gasteiger partial charge on any atom is 0.250 e. The summed E-state index contributed by atoms with van der Waals surface area (Å²) in [4.78, 5) is 43.3. The lowest BCUT2D eigenvalue weighted by Gasteiger charge is -2.36. The second-order valence-corrected chi connectivity index (χ2v) is 11.5. The van der Waals surface area contributed by atoms with Gasteiger partial charge in [0.25, 0.3) is 0 Å². The van der Waals surface area contributed by atoms with Gasteiger partial charge in [-0.05, 0) is 62.8 Å². The molecule has 5 rings (SSSR count). The molecule has 0 aromatic heterocycles. The van der Waals surface area contributed by atoms with Crippen LogP contribution in [0, 0.1) is 31.6 Å². The van der Waals surface area contributed by atoms with Gasteiger partial charge in [-0.3, -0.25) is 14.4 Å². The number of anilines is 1. The van der Waals surface area contributed by atoms with Crippen LogP contribution in [0.2, 0.25) is 0 Å². The van der Waals surface area contributed by atoms with Crippen molar-refractivity contribution in [2.75, 3.05) is 11.9 Å². The summed E-state index contributed by atoms with van der Waals surface area (Å²) >= 11 is 0. The lowest BCUT2D eigenvalue weighted by molar-refractivity contribution is -0.148. The van der Waals surface area contributed by atoms with E-state index in [1.165, 1.54) is 4.90 Å². The molecule has 0 saturated carbocycles. The zero-order valence-corrected chi connectivity index (χ0v) is 22.7. The predicted octanol–water partition coefficient (Wildman–Crippen LogP) is 2.95. The number of hydrogen-bond acceptors (Lipinski definition) is 5. The van der Waals surface area contributed by atoms with Crippen molar-refractivity contribution < 1.29 is 24.2 Å². The molecular weight excluding hydrogens is 482 g/mol. The molecule has 3 aliphatic heterocycles. The molecule has 3 aliphatic rings. The molecule has 202 valence electrons. The van der Waals surface area contributed by atoms with E-state index >= 15 is 0 Å². The van der Waals surface area contributed by atoms with Gasteiger partial charge < -0.3 is 25.4 Å². The Labute approximate surface area is 223 Å². The standard InChI is InChI=1S/C30H37N3O5/c1-17-11-12-18(2)22(13-17)32-27(36)25-30-14-19(3)29(5,38-30)23(24(30)28(37)33(25)20(4)16-34)26(35)31-15-21-9-7-6-8-10-21/h6-13,19-20,23-25,34H,14-16H2,1-5H3,(H,31,35)(H,32,36)/t19?,20-,23+,24+,25?,29-,30?/m1/s1. The highest BCUT2D eigenvalue weighted by Crippen LogP contribution is 2.65. The Balaban J connectivity index is 1.51. The first-order valence-electron chi connectivity index (χ1n) is 13.4. The number of nitrogens with zero attached hydrogens (tertiary/aromatic N) is 1. The molecule has 3 amide bonds. The summed E-state index contributed by atoms with van der Waals surface area (Å²) < 4.78 is 6.72. The Kier molecular flexibility index (Phi) is 6.60. The number of benzene rings is 2. The zero-order chi connectivity index (χ0) is 27.4. The lowest BCUT2D eigenvalue weighted by Crippen LogP contribution is -2.56. The van der Waals surface area contributed by atoms with E-state index in [1.54, 1.807) is 6.92 Å². The summed E-state index contributed by atoms with van der Waals surface area (Å²) in [5.41, 5.74) is 1.47. The molecule has 8 heteroatoms. The van der Waals surface area contributed by atoms with Crippen LogP contribution in [0.5, 0.6) is 0 Å². The third kappa shape index (κ3) is 3.93. The van der Waals surface area contributed by atoms with Crippen molar-refractivity contribution in [1.82, 2.24) is 10.2 Å². The topological polar surface area (TPSA) is 108 Å². The van der Waals surface area contributed by atoms with Crippen LogP contribution < -0.4 is 10.6 Å². The number of carbonyl (C=O) groups is 3. The van der Waals surface area contributed by atoms with E-state index in [1.807, 2.05) is 76.2 Å². The molecule has 7 atom stereocenters. The molecule has 2 aromatic rings. The van der Waals surface area contributed by atoms with Crippen LogP contribution in [-0.4, -0.2) is 57.6 Å². The first kappa shape index (κ1) is 26.4. The Hall–Kier alpha value is -3.23. The van der Waals surface area contributed by atoms with Crippen molar-refractivity contribution >= 4 is 23.4 Å². The van der Waals surface area contributed by atoms with Gasteiger partial charge in [-0.1, -0.05) is 49.4 Å². The number of rotatable bonds is 7. The minimum Gasteiger partial charge on any atom is -0.394 e. The van der Waals surface area contributed by atoms with Crippen LogP contribution in [-0.2, 0) is 25.7 Å². The highest BCUT2D eigenvalue weighted by molar-refractivity contribution is 6.04. The first-order chi connectivity index (χ1) is 18.0. The quantitative estimate of drug-likeness (QED) is 0.521. The fourth-order valence-corrected chi connectivity index (χ4v) is 6.90. The van der Waals surface area contributed by atoms with Gasteiger partial charge in [0, 0.05) is 12.2 Å². The Morgan fingerprint density at radius 3 is 2.55 bits per heavy atom. The number of amides is 3. The molecule has 3 saturated heterocycles. The van der Waals surface area contributed by atoms with E-state index in [9.17, 15) is 19.5 Å². The van der Waals surface area contributed by atoms with Gasteiger partial charge in [-0.25, -0.2) is 0 Å². The summed E-state index contributed by atoms with van der Waals surface area (Å²) in [6.07, 6.45) is 0.474. The number of likely N-dealkylation sites (tertiary alicyclic amines) is 1. The van der Waals surface area contributed by atoms with E-state index in [-0.39, 0.29) is 30.2 Å². The minimum atomic E-state index is -1.16. The molecule has 38 heavy (non-hydrogen) atoms. The fourth-order valence-electron chi connectivity index (χ4n) is 6.90. The van der Waals surface area contributed by atoms with Crippen molar-refractivity contribution in [2.24, 2.45) is 17.8 Å². The zero-order valence-electron chi connectivity index (χ0n) is 22.7. The number of nitrogens with one attached hydrogen (secondary N) is 2. The molecule has 3 fully saturated rings. The smallest absolute Gasteiger partial charge is 0.250 e. The molecule has 0 aliphatic carbocycles. The van der Waals surface area contributed by atoms with Crippen LogP contribution in [0.15, 0.2) is 48.5 Å². The average Bonchev–Trinajstić information content (AvgIpc) is 3.41. The second-order valence-electron chi connectivity index (χ2n) is 11.5. The van der Waals surface area contributed by atoms with Crippen LogP contribution in [0.25, 0.3) is 0 Å². The van der Waals surface area contributed by atoms with Crippen molar-refractivity contribution in [3.05, 3.63) is 65.2 Å². The predicted molar refractivity (Wildman–Crippen MR) is 143 cm³/mol.